The molecule has 0 bridgehead atoms. The molecule has 0 radical (unpaired) electrons. The van der Waals surface area contributed by atoms with Crippen LogP contribution in [0.3, 0.4) is 0 Å². The Bertz CT molecular complexity index is 1130. The Hall–Kier alpha value is -2.65. The fourth-order valence-corrected chi connectivity index (χ4v) is 6.18. The first kappa shape index (κ1) is 23.5. The Balaban J connectivity index is 1.63. The highest BCUT2D eigenvalue weighted by molar-refractivity contribution is 7.92. The second-order valence-electron chi connectivity index (χ2n) is 9.01. The molecule has 33 heavy (non-hydrogen) atoms. The van der Waals surface area contributed by atoms with Crippen LogP contribution in [0.5, 0.6) is 0 Å². The fraction of sp³-hybridized carbons (Fsp3) is 0.458. The summed E-state index contributed by atoms with van der Waals surface area (Å²) in [6.45, 7) is 6.40. The molecule has 7 nitrogen and oxygen atoms in total. The standard InChI is InChI=1S/C24H30FN3O4S/c1-17-6-8-20(25)14-23(17)33(31,32)26-21-13-19(24(29)30)7-9-22(21)28-12-4-5-18(16-28)15-27-10-2-3-11-27/h6-9,13-14,18,26H,2-5,10-12,15-16H2,1H3,(H,29,30). The van der Waals surface area contributed by atoms with Crippen LogP contribution in [0.25, 0.3) is 0 Å². The van der Waals surface area contributed by atoms with Gasteiger partial charge in [-0.3, -0.25) is 4.72 Å². The topological polar surface area (TPSA) is 89.9 Å². The van der Waals surface area contributed by atoms with Gasteiger partial charge in [0.1, 0.15) is 5.82 Å². The number of aromatic carboxylic acids is 1. The summed E-state index contributed by atoms with van der Waals surface area (Å²) in [5, 5.41) is 9.46. The number of hydrogen-bond acceptors (Lipinski definition) is 5. The van der Waals surface area contributed by atoms with E-state index in [0.29, 0.717) is 17.2 Å². The number of rotatable bonds is 7. The second-order valence-corrected chi connectivity index (χ2v) is 10.7. The number of likely N-dealkylation sites (tertiary alicyclic amines) is 1. The summed E-state index contributed by atoms with van der Waals surface area (Å²) in [7, 11) is -4.12. The molecule has 2 aliphatic heterocycles. The maximum absolute atomic E-state index is 13.8. The second kappa shape index (κ2) is 9.69. The number of piperidine rings is 1. The van der Waals surface area contributed by atoms with Gasteiger partial charge in [-0.05, 0) is 87.5 Å². The van der Waals surface area contributed by atoms with E-state index < -0.39 is 21.8 Å². The van der Waals surface area contributed by atoms with Gasteiger partial charge in [0.15, 0.2) is 0 Å². The first-order valence-corrected chi connectivity index (χ1v) is 12.8. The third-order valence-corrected chi connectivity index (χ3v) is 8.01. The third kappa shape index (κ3) is 5.47. The molecule has 2 heterocycles. The van der Waals surface area contributed by atoms with Crippen LogP contribution in [-0.4, -0.2) is 57.1 Å². The molecule has 178 valence electrons. The largest absolute Gasteiger partial charge is 0.478 e. The zero-order valence-corrected chi connectivity index (χ0v) is 19.6. The van der Waals surface area contributed by atoms with Crippen molar-refractivity contribution in [2.24, 2.45) is 5.92 Å². The van der Waals surface area contributed by atoms with E-state index in [1.165, 1.54) is 37.1 Å². The number of halogens is 1. The maximum Gasteiger partial charge on any atom is 0.335 e. The van der Waals surface area contributed by atoms with Crippen molar-refractivity contribution in [1.82, 2.24) is 4.90 Å². The van der Waals surface area contributed by atoms with Gasteiger partial charge < -0.3 is 14.9 Å². The number of nitrogens with zero attached hydrogens (tertiary/aromatic N) is 2. The molecule has 0 saturated carbocycles. The molecule has 1 unspecified atom stereocenters. The predicted molar refractivity (Wildman–Crippen MR) is 126 cm³/mol. The van der Waals surface area contributed by atoms with E-state index in [2.05, 4.69) is 14.5 Å². The molecule has 2 aromatic carbocycles. The van der Waals surface area contributed by atoms with E-state index in [0.717, 1.165) is 51.6 Å². The van der Waals surface area contributed by atoms with Crippen LogP contribution in [0.4, 0.5) is 15.8 Å². The summed E-state index contributed by atoms with van der Waals surface area (Å²) >= 11 is 0. The average molecular weight is 476 g/mol. The van der Waals surface area contributed by atoms with Crippen LogP contribution in [0.1, 0.15) is 41.6 Å². The number of sulfonamides is 1. The zero-order valence-electron chi connectivity index (χ0n) is 18.8. The SMILES string of the molecule is Cc1ccc(F)cc1S(=O)(=O)Nc1cc(C(=O)O)ccc1N1CCCC(CN2CCCC2)C1. The van der Waals surface area contributed by atoms with Crippen molar-refractivity contribution in [3.05, 3.63) is 53.3 Å². The highest BCUT2D eigenvalue weighted by Crippen LogP contribution is 2.33. The van der Waals surface area contributed by atoms with Crippen molar-refractivity contribution in [3.63, 3.8) is 0 Å². The van der Waals surface area contributed by atoms with E-state index in [9.17, 15) is 22.7 Å². The summed E-state index contributed by atoms with van der Waals surface area (Å²) in [5.74, 6) is -1.33. The van der Waals surface area contributed by atoms with E-state index >= 15 is 0 Å². The Labute approximate surface area is 194 Å². The number of carboxylic acid groups (broad SMARTS) is 1. The van der Waals surface area contributed by atoms with Gasteiger partial charge in [-0.25, -0.2) is 17.6 Å². The monoisotopic (exact) mass is 475 g/mol. The number of carboxylic acids is 1. The van der Waals surface area contributed by atoms with E-state index in [1.54, 1.807) is 13.0 Å². The summed E-state index contributed by atoms with van der Waals surface area (Å²) < 4.78 is 42.6. The maximum atomic E-state index is 13.8. The van der Waals surface area contributed by atoms with Crippen molar-refractivity contribution in [3.8, 4) is 0 Å². The highest BCUT2D eigenvalue weighted by Gasteiger charge is 2.27. The van der Waals surface area contributed by atoms with Crippen LogP contribution in [0.15, 0.2) is 41.3 Å². The molecular weight excluding hydrogens is 445 g/mol. The average Bonchev–Trinajstić information content (AvgIpc) is 3.28. The number of aryl methyl sites for hydroxylation is 1. The lowest BCUT2D eigenvalue weighted by molar-refractivity contribution is 0.0697. The van der Waals surface area contributed by atoms with Gasteiger partial charge in [-0.15, -0.1) is 0 Å². The summed E-state index contributed by atoms with van der Waals surface area (Å²) in [6, 6.07) is 8.09. The van der Waals surface area contributed by atoms with Crippen molar-refractivity contribution in [2.75, 3.05) is 42.3 Å². The fourth-order valence-electron chi connectivity index (χ4n) is 4.85. The first-order chi connectivity index (χ1) is 15.7. The number of anilines is 2. The quantitative estimate of drug-likeness (QED) is 0.630. The Morgan fingerprint density at radius 3 is 2.61 bits per heavy atom. The minimum atomic E-state index is -4.12. The van der Waals surface area contributed by atoms with Gasteiger partial charge in [-0.1, -0.05) is 6.07 Å². The molecule has 2 aliphatic rings. The molecule has 0 aromatic heterocycles. The Morgan fingerprint density at radius 2 is 1.88 bits per heavy atom. The number of hydrogen-bond donors (Lipinski definition) is 2. The lowest BCUT2D eigenvalue weighted by Crippen LogP contribution is -2.40. The number of carbonyl (C=O) groups is 1. The van der Waals surface area contributed by atoms with Crippen LogP contribution in [-0.2, 0) is 10.0 Å². The molecule has 2 N–H and O–H groups in total. The molecule has 2 saturated heterocycles. The zero-order chi connectivity index (χ0) is 23.6. The summed E-state index contributed by atoms with van der Waals surface area (Å²) in [5.41, 5.74) is 1.23. The van der Waals surface area contributed by atoms with Crippen molar-refractivity contribution < 1.29 is 22.7 Å². The number of benzene rings is 2. The van der Waals surface area contributed by atoms with Crippen molar-refractivity contribution in [2.45, 2.75) is 37.5 Å². The Kier molecular flexibility index (Phi) is 6.90. The van der Waals surface area contributed by atoms with Crippen molar-refractivity contribution in [1.29, 1.82) is 0 Å². The van der Waals surface area contributed by atoms with Crippen LogP contribution in [0.2, 0.25) is 0 Å². The molecule has 0 aliphatic carbocycles. The normalized spacial score (nSPS) is 19.6. The molecular formula is C24H30FN3O4S. The highest BCUT2D eigenvalue weighted by atomic mass is 32.2. The molecule has 0 spiro atoms. The molecule has 4 rings (SSSR count). The minimum absolute atomic E-state index is 0.0157. The van der Waals surface area contributed by atoms with Crippen LogP contribution >= 0.6 is 0 Å². The smallest absolute Gasteiger partial charge is 0.335 e. The molecule has 2 fully saturated rings. The molecule has 9 heteroatoms. The third-order valence-electron chi connectivity index (χ3n) is 6.50. The van der Waals surface area contributed by atoms with E-state index in [4.69, 9.17) is 0 Å². The number of nitrogens with one attached hydrogen (secondary N) is 1. The lowest BCUT2D eigenvalue weighted by Gasteiger charge is -2.37. The van der Waals surface area contributed by atoms with Gasteiger partial charge in [0, 0.05) is 19.6 Å². The Morgan fingerprint density at radius 1 is 1.12 bits per heavy atom. The van der Waals surface area contributed by atoms with E-state index in [-0.39, 0.29) is 16.1 Å². The lowest BCUT2D eigenvalue weighted by atomic mass is 9.96. The van der Waals surface area contributed by atoms with Gasteiger partial charge in [0.25, 0.3) is 10.0 Å². The minimum Gasteiger partial charge on any atom is -0.478 e. The summed E-state index contributed by atoms with van der Waals surface area (Å²) in [4.78, 5) is 16.0. The van der Waals surface area contributed by atoms with Crippen molar-refractivity contribution >= 4 is 27.4 Å². The van der Waals surface area contributed by atoms with Crippen LogP contribution < -0.4 is 9.62 Å². The predicted octanol–water partition coefficient (Wildman–Crippen LogP) is 3.95. The van der Waals surface area contributed by atoms with E-state index in [1.807, 2.05) is 0 Å². The van der Waals surface area contributed by atoms with Gasteiger partial charge in [0.05, 0.1) is 21.8 Å². The molecule has 1 atom stereocenters. The first-order valence-electron chi connectivity index (χ1n) is 11.4. The van der Waals surface area contributed by atoms with Crippen LogP contribution in [0, 0.1) is 18.7 Å². The van der Waals surface area contributed by atoms with Gasteiger partial charge >= 0.3 is 5.97 Å². The molecule has 2 aromatic rings. The van der Waals surface area contributed by atoms with Gasteiger partial charge in [0.2, 0.25) is 0 Å². The molecule has 0 amide bonds. The summed E-state index contributed by atoms with van der Waals surface area (Å²) in [6.07, 6.45) is 4.56. The van der Waals surface area contributed by atoms with Gasteiger partial charge in [-0.2, -0.15) is 0 Å².